The fourth-order valence-corrected chi connectivity index (χ4v) is 2.72. The van der Waals surface area contributed by atoms with Crippen molar-refractivity contribution in [1.29, 1.82) is 0 Å². The monoisotopic (exact) mass is 275 g/mol. The van der Waals surface area contributed by atoms with E-state index in [1.165, 1.54) is 0 Å². The summed E-state index contributed by atoms with van der Waals surface area (Å²) in [5.41, 5.74) is 0.0704. The molecule has 1 fully saturated rings. The number of halogens is 1. The highest BCUT2D eigenvalue weighted by molar-refractivity contribution is 6.62. The molecule has 3 rings (SSSR count). The molecule has 3 nitrogen and oxygen atoms in total. The van der Waals surface area contributed by atoms with Crippen LogP contribution >= 0.6 is 0 Å². The second-order valence-electron chi connectivity index (χ2n) is 6.07. The summed E-state index contributed by atoms with van der Waals surface area (Å²) in [7, 11) is -0.664. The Bertz CT molecular complexity index is 654. The van der Waals surface area contributed by atoms with Gasteiger partial charge in [0.25, 0.3) is 0 Å². The zero-order valence-corrected chi connectivity index (χ0v) is 12.3. The third-order valence-corrected chi connectivity index (χ3v) is 4.67. The second kappa shape index (κ2) is 4.33. The molecule has 1 unspecified atom stereocenters. The van der Waals surface area contributed by atoms with Crippen molar-refractivity contribution in [2.75, 3.05) is 0 Å². The molecule has 5 heteroatoms. The van der Waals surface area contributed by atoms with Crippen LogP contribution in [-0.4, -0.2) is 23.3 Å². The van der Waals surface area contributed by atoms with Crippen LogP contribution in [0.5, 0.6) is 0 Å². The van der Waals surface area contributed by atoms with E-state index in [1.54, 1.807) is 12.3 Å². The number of fused-ring (bicyclic) bond motifs is 1. The topological polar surface area (TPSA) is 34.2 Å². The minimum absolute atomic E-state index is 0.298. The number of aromatic amines is 1. The lowest BCUT2D eigenvalue weighted by molar-refractivity contribution is -0.0118. The van der Waals surface area contributed by atoms with Gasteiger partial charge < -0.3 is 14.3 Å². The lowest BCUT2D eigenvalue weighted by Gasteiger charge is -2.35. The van der Waals surface area contributed by atoms with Gasteiger partial charge in [-0.3, -0.25) is 0 Å². The smallest absolute Gasteiger partial charge is 0.399 e. The molecule has 0 spiro atoms. The van der Waals surface area contributed by atoms with Crippen molar-refractivity contribution in [3.05, 3.63) is 30.2 Å². The van der Waals surface area contributed by atoms with Gasteiger partial charge in [-0.1, -0.05) is 19.1 Å². The maximum Gasteiger partial charge on any atom is 0.497 e. The van der Waals surface area contributed by atoms with Crippen molar-refractivity contribution in [3.63, 3.8) is 0 Å². The Balaban J connectivity index is 2.03. The fraction of sp³-hybridized carbons (Fsp3) is 0.467. The van der Waals surface area contributed by atoms with E-state index in [9.17, 15) is 4.39 Å². The van der Waals surface area contributed by atoms with Gasteiger partial charge in [-0.15, -0.1) is 0 Å². The van der Waals surface area contributed by atoms with Crippen molar-refractivity contribution in [2.24, 2.45) is 0 Å². The van der Waals surface area contributed by atoms with E-state index in [0.29, 0.717) is 11.0 Å². The fourth-order valence-electron chi connectivity index (χ4n) is 2.72. The van der Waals surface area contributed by atoms with Crippen molar-refractivity contribution in [2.45, 2.75) is 45.3 Å². The summed E-state index contributed by atoms with van der Waals surface area (Å²) in [6.07, 6.45) is 2.54. The maximum atomic E-state index is 14.6. The molecule has 2 heterocycles. The van der Waals surface area contributed by atoms with Gasteiger partial charge in [0.05, 0.1) is 16.7 Å². The van der Waals surface area contributed by atoms with Crippen LogP contribution in [0.25, 0.3) is 10.9 Å². The Morgan fingerprint density at radius 2 is 1.95 bits per heavy atom. The zero-order valence-electron chi connectivity index (χ0n) is 12.3. The molecule has 1 atom stereocenters. The molecule has 0 saturated carbocycles. The first-order chi connectivity index (χ1) is 9.38. The van der Waals surface area contributed by atoms with Crippen LogP contribution in [-0.2, 0) is 9.31 Å². The molecule has 0 radical (unpaired) electrons. The normalized spacial score (nSPS) is 25.6. The third-order valence-electron chi connectivity index (χ3n) is 4.67. The Morgan fingerprint density at radius 1 is 1.20 bits per heavy atom. The molecule has 1 aromatic heterocycles. The Labute approximate surface area is 118 Å². The molecule has 106 valence electrons. The van der Waals surface area contributed by atoms with Crippen LogP contribution in [0.2, 0.25) is 0 Å². The molecule has 1 saturated heterocycles. The molecule has 1 aliphatic heterocycles. The van der Waals surface area contributed by atoms with Crippen molar-refractivity contribution in [1.82, 2.24) is 4.98 Å². The minimum Gasteiger partial charge on any atom is -0.399 e. The van der Waals surface area contributed by atoms with Crippen molar-refractivity contribution in [3.8, 4) is 0 Å². The molecular weight excluding hydrogens is 256 g/mol. The van der Waals surface area contributed by atoms with E-state index in [-0.39, 0.29) is 5.82 Å². The molecular formula is C15H19BFNO2. The number of hydrogen-bond donors (Lipinski definition) is 1. The van der Waals surface area contributed by atoms with Crippen LogP contribution in [0.4, 0.5) is 4.39 Å². The van der Waals surface area contributed by atoms with Gasteiger partial charge in [0, 0.05) is 17.0 Å². The third kappa shape index (κ3) is 1.80. The summed E-state index contributed by atoms with van der Waals surface area (Å²) in [4.78, 5) is 2.92. The number of aromatic nitrogens is 1. The Hall–Kier alpha value is -1.33. The summed E-state index contributed by atoms with van der Waals surface area (Å²) in [6, 6.07) is 5.47. The SMILES string of the molecule is CCC1(C)OB(c2ccc3cc[nH]c3c2F)OC1(C)C. The van der Waals surface area contributed by atoms with E-state index in [0.717, 1.165) is 11.8 Å². The quantitative estimate of drug-likeness (QED) is 0.855. The number of benzene rings is 1. The minimum atomic E-state index is -0.664. The number of nitrogens with one attached hydrogen (secondary N) is 1. The van der Waals surface area contributed by atoms with Crippen LogP contribution < -0.4 is 5.46 Å². The van der Waals surface area contributed by atoms with Gasteiger partial charge in [-0.2, -0.15) is 0 Å². The first-order valence-corrected chi connectivity index (χ1v) is 6.99. The first kappa shape index (κ1) is 13.6. The summed E-state index contributed by atoms with van der Waals surface area (Å²) in [5, 5.41) is 0.849. The number of rotatable bonds is 2. The lowest BCUT2D eigenvalue weighted by Crippen LogP contribution is -2.44. The second-order valence-corrected chi connectivity index (χ2v) is 6.07. The highest BCUT2D eigenvalue weighted by Crippen LogP contribution is 2.39. The molecule has 1 N–H and O–H groups in total. The predicted molar refractivity (Wildman–Crippen MR) is 78.6 cm³/mol. The largest absolute Gasteiger partial charge is 0.497 e. The molecule has 1 aromatic carbocycles. The molecule has 20 heavy (non-hydrogen) atoms. The molecule has 1 aliphatic rings. The van der Waals surface area contributed by atoms with Gasteiger partial charge in [0.15, 0.2) is 0 Å². The van der Waals surface area contributed by atoms with Crippen LogP contribution in [0.3, 0.4) is 0 Å². The molecule has 2 aromatic rings. The number of hydrogen-bond acceptors (Lipinski definition) is 2. The predicted octanol–water partition coefficient (Wildman–Crippen LogP) is 3.00. The van der Waals surface area contributed by atoms with Gasteiger partial charge in [-0.05, 0) is 33.3 Å². The standard InChI is InChI=1S/C15H19BFNO2/c1-5-15(4)14(2,3)19-16(20-15)11-7-6-10-8-9-18-13(10)12(11)17/h6-9,18H,5H2,1-4H3. The Morgan fingerprint density at radius 3 is 2.60 bits per heavy atom. The molecule has 0 bridgehead atoms. The van der Waals surface area contributed by atoms with E-state index in [1.807, 2.05) is 32.9 Å². The summed E-state index contributed by atoms with van der Waals surface area (Å²) >= 11 is 0. The number of H-pyrrole nitrogens is 1. The van der Waals surface area contributed by atoms with E-state index in [4.69, 9.17) is 9.31 Å². The average molecular weight is 275 g/mol. The highest BCUT2D eigenvalue weighted by atomic mass is 19.1. The van der Waals surface area contributed by atoms with Gasteiger partial charge >= 0.3 is 7.12 Å². The maximum absolute atomic E-state index is 14.6. The first-order valence-electron chi connectivity index (χ1n) is 6.99. The lowest BCUT2D eigenvalue weighted by atomic mass is 9.78. The Kier molecular flexibility index (Phi) is 2.96. The van der Waals surface area contributed by atoms with Crippen LogP contribution in [0.15, 0.2) is 24.4 Å². The average Bonchev–Trinajstić information content (AvgIpc) is 2.94. The van der Waals surface area contributed by atoms with Gasteiger partial charge in [0.1, 0.15) is 5.82 Å². The molecule has 0 amide bonds. The molecule has 0 aliphatic carbocycles. The highest BCUT2D eigenvalue weighted by Gasteiger charge is 2.54. The summed E-state index contributed by atoms with van der Waals surface area (Å²) < 4.78 is 26.6. The van der Waals surface area contributed by atoms with Gasteiger partial charge in [0.2, 0.25) is 0 Å². The van der Waals surface area contributed by atoms with E-state index < -0.39 is 18.3 Å². The van der Waals surface area contributed by atoms with Crippen LogP contribution in [0.1, 0.15) is 34.1 Å². The van der Waals surface area contributed by atoms with Gasteiger partial charge in [-0.25, -0.2) is 4.39 Å². The zero-order chi connectivity index (χ0) is 14.5. The summed E-state index contributed by atoms with van der Waals surface area (Å²) in [6.45, 7) is 8.04. The van der Waals surface area contributed by atoms with Crippen molar-refractivity contribution < 1.29 is 13.7 Å². The van der Waals surface area contributed by atoms with Crippen molar-refractivity contribution >= 4 is 23.5 Å². The van der Waals surface area contributed by atoms with E-state index in [2.05, 4.69) is 11.9 Å². The van der Waals surface area contributed by atoms with Crippen LogP contribution in [0, 0.1) is 5.82 Å². The van der Waals surface area contributed by atoms with E-state index >= 15 is 0 Å². The summed E-state index contributed by atoms with van der Waals surface area (Å²) in [5.74, 6) is -0.298.